The number of hydrogen-bond acceptors (Lipinski definition) is 3. The Balaban J connectivity index is 2.30. The Kier molecular flexibility index (Phi) is 2.64. The molecule has 1 atom stereocenters. The van der Waals surface area contributed by atoms with Crippen LogP contribution in [-0.2, 0) is 11.3 Å². The number of aryl methyl sites for hydroxylation is 1. The smallest absolute Gasteiger partial charge is 0.356 e. The molecule has 6 nitrogen and oxygen atoms in total. The molecule has 0 radical (unpaired) electrons. The normalized spacial score (nSPS) is 18.9. The third kappa shape index (κ3) is 1.91. The summed E-state index contributed by atoms with van der Waals surface area (Å²) in [5, 5.41) is 15.6. The molecule has 1 aromatic heterocycles. The van der Waals surface area contributed by atoms with E-state index >= 15 is 0 Å². The molecular weight excluding hydrogens is 210 g/mol. The maximum Gasteiger partial charge on any atom is 0.356 e. The molecule has 1 aliphatic rings. The van der Waals surface area contributed by atoms with Crippen molar-refractivity contribution in [1.82, 2.24) is 15.1 Å². The molecule has 1 aliphatic heterocycles. The van der Waals surface area contributed by atoms with Crippen LogP contribution in [0.5, 0.6) is 0 Å². The minimum atomic E-state index is -1.04. The summed E-state index contributed by atoms with van der Waals surface area (Å²) >= 11 is 0. The van der Waals surface area contributed by atoms with E-state index in [0.29, 0.717) is 6.54 Å². The van der Waals surface area contributed by atoms with Crippen LogP contribution < -0.4 is 5.32 Å². The molecular formula is C10H13N3O3. The monoisotopic (exact) mass is 223 g/mol. The van der Waals surface area contributed by atoms with Gasteiger partial charge in [0.2, 0.25) is 5.91 Å². The van der Waals surface area contributed by atoms with Crippen molar-refractivity contribution in [2.24, 2.45) is 0 Å². The zero-order valence-corrected chi connectivity index (χ0v) is 8.93. The molecule has 2 rings (SSSR count). The molecule has 0 spiro atoms. The summed E-state index contributed by atoms with van der Waals surface area (Å²) in [7, 11) is 0. The maximum absolute atomic E-state index is 11.0. The van der Waals surface area contributed by atoms with E-state index in [2.05, 4.69) is 10.4 Å². The summed E-state index contributed by atoms with van der Waals surface area (Å²) in [5.74, 6) is -1.15. The van der Waals surface area contributed by atoms with E-state index in [4.69, 9.17) is 5.11 Å². The van der Waals surface area contributed by atoms with Crippen molar-refractivity contribution in [2.45, 2.75) is 32.4 Å². The number of nitrogens with one attached hydrogen (secondary N) is 1. The molecule has 0 saturated heterocycles. The number of hydrogen-bond donors (Lipinski definition) is 2. The van der Waals surface area contributed by atoms with Gasteiger partial charge >= 0.3 is 5.97 Å². The standard InChI is InChI=1S/C10H13N3O3/c1-6(14)11-7-3-2-4-13-9(7)5-8(12-13)10(15)16/h5,7H,2-4H2,1H3,(H,11,14)(H,15,16). The average molecular weight is 223 g/mol. The van der Waals surface area contributed by atoms with Gasteiger partial charge < -0.3 is 10.4 Å². The van der Waals surface area contributed by atoms with E-state index in [9.17, 15) is 9.59 Å². The second kappa shape index (κ2) is 3.96. The van der Waals surface area contributed by atoms with Crippen molar-refractivity contribution in [3.05, 3.63) is 17.5 Å². The van der Waals surface area contributed by atoms with E-state index in [-0.39, 0.29) is 17.6 Å². The lowest BCUT2D eigenvalue weighted by Crippen LogP contribution is -2.30. The molecule has 0 fully saturated rings. The topological polar surface area (TPSA) is 84.2 Å². The lowest BCUT2D eigenvalue weighted by Gasteiger charge is -2.23. The van der Waals surface area contributed by atoms with Crippen molar-refractivity contribution < 1.29 is 14.7 Å². The molecule has 0 saturated carbocycles. The van der Waals surface area contributed by atoms with Crippen LogP contribution in [0.4, 0.5) is 0 Å². The second-order valence-electron chi connectivity index (χ2n) is 3.88. The predicted octanol–water partition coefficient (Wildman–Crippen LogP) is 0.552. The quantitative estimate of drug-likeness (QED) is 0.766. The van der Waals surface area contributed by atoms with Crippen molar-refractivity contribution in [3.8, 4) is 0 Å². The second-order valence-corrected chi connectivity index (χ2v) is 3.88. The van der Waals surface area contributed by atoms with Gasteiger partial charge in [-0.25, -0.2) is 4.79 Å². The van der Waals surface area contributed by atoms with Crippen molar-refractivity contribution in [1.29, 1.82) is 0 Å². The Morgan fingerprint density at radius 2 is 2.38 bits per heavy atom. The first-order valence-electron chi connectivity index (χ1n) is 5.16. The number of amides is 1. The van der Waals surface area contributed by atoms with Crippen LogP contribution in [0.25, 0.3) is 0 Å². The summed E-state index contributed by atoms with van der Waals surface area (Å²) in [6.07, 6.45) is 1.71. The summed E-state index contributed by atoms with van der Waals surface area (Å²) < 4.78 is 1.66. The first-order chi connectivity index (χ1) is 7.58. The first kappa shape index (κ1) is 10.7. The molecule has 2 heterocycles. The van der Waals surface area contributed by atoms with Crippen LogP contribution in [0.3, 0.4) is 0 Å². The van der Waals surface area contributed by atoms with E-state index in [1.54, 1.807) is 4.68 Å². The Morgan fingerprint density at radius 3 is 3.00 bits per heavy atom. The van der Waals surface area contributed by atoms with Gasteiger partial charge in [-0.2, -0.15) is 5.10 Å². The summed E-state index contributed by atoms with van der Waals surface area (Å²) in [6, 6.07) is 1.41. The molecule has 6 heteroatoms. The first-order valence-corrected chi connectivity index (χ1v) is 5.16. The van der Waals surface area contributed by atoms with Crippen LogP contribution >= 0.6 is 0 Å². The van der Waals surface area contributed by atoms with Crippen LogP contribution in [0.1, 0.15) is 42.0 Å². The van der Waals surface area contributed by atoms with Gasteiger partial charge in [0.1, 0.15) is 0 Å². The maximum atomic E-state index is 11.0. The molecule has 0 aliphatic carbocycles. The lowest BCUT2D eigenvalue weighted by molar-refractivity contribution is -0.119. The zero-order valence-electron chi connectivity index (χ0n) is 8.93. The van der Waals surface area contributed by atoms with Crippen molar-refractivity contribution in [3.63, 3.8) is 0 Å². The van der Waals surface area contributed by atoms with Crippen molar-refractivity contribution in [2.75, 3.05) is 0 Å². The number of carbonyl (C=O) groups is 2. The number of rotatable bonds is 2. The van der Waals surface area contributed by atoms with E-state index < -0.39 is 5.97 Å². The van der Waals surface area contributed by atoms with Gasteiger partial charge in [-0.1, -0.05) is 0 Å². The summed E-state index contributed by atoms with van der Waals surface area (Å²) in [6.45, 7) is 2.16. The van der Waals surface area contributed by atoms with Gasteiger partial charge in [0.15, 0.2) is 5.69 Å². The number of aromatic nitrogens is 2. The SMILES string of the molecule is CC(=O)NC1CCCn2nc(C(=O)O)cc21. The van der Waals surface area contributed by atoms with Gasteiger partial charge in [0.25, 0.3) is 0 Å². The average Bonchev–Trinajstić information content (AvgIpc) is 2.61. The summed E-state index contributed by atoms with van der Waals surface area (Å²) in [5.41, 5.74) is 0.811. The van der Waals surface area contributed by atoms with Gasteiger partial charge in [-0.05, 0) is 18.9 Å². The van der Waals surface area contributed by atoms with E-state index in [0.717, 1.165) is 18.5 Å². The van der Waals surface area contributed by atoms with Crippen LogP contribution in [-0.4, -0.2) is 26.8 Å². The third-order valence-electron chi connectivity index (χ3n) is 2.63. The molecule has 0 aromatic carbocycles. The molecule has 1 aromatic rings. The number of carbonyl (C=O) groups excluding carboxylic acids is 1. The van der Waals surface area contributed by atoms with Crippen LogP contribution in [0.15, 0.2) is 6.07 Å². The Bertz CT molecular complexity index is 439. The van der Waals surface area contributed by atoms with Gasteiger partial charge in [-0.3, -0.25) is 9.48 Å². The number of fused-ring (bicyclic) bond motifs is 1. The number of carboxylic acid groups (broad SMARTS) is 1. The Hall–Kier alpha value is -1.85. The largest absolute Gasteiger partial charge is 0.476 e. The Labute approximate surface area is 92.3 Å². The lowest BCUT2D eigenvalue weighted by atomic mass is 10.0. The molecule has 2 N–H and O–H groups in total. The molecule has 0 bridgehead atoms. The predicted molar refractivity (Wildman–Crippen MR) is 55.0 cm³/mol. The fourth-order valence-corrected chi connectivity index (χ4v) is 1.98. The highest BCUT2D eigenvalue weighted by molar-refractivity contribution is 5.85. The fraction of sp³-hybridized carbons (Fsp3) is 0.500. The third-order valence-corrected chi connectivity index (χ3v) is 2.63. The van der Waals surface area contributed by atoms with E-state index in [1.165, 1.54) is 13.0 Å². The highest BCUT2D eigenvalue weighted by Crippen LogP contribution is 2.25. The number of carboxylic acids is 1. The van der Waals surface area contributed by atoms with Gasteiger partial charge in [0, 0.05) is 13.5 Å². The molecule has 86 valence electrons. The van der Waals surface area contributed by atoms with Crippen molar-refractivity contribution >= 4 is 11.9 Å². The minimum Gasteiger partial charge on any atom is -0.476 e. The molecule has 1 unspecified atom stereocenters. The number of aromatic carboxylic acids is 1. The Morgan fingerprint density at radius 1 is 1.62 bits per heavy atom. The van der Waals surface area contributed by atoms with Gasteiger partial charge in [-0.15, -0.1) is 0 Å². The molecule has 1 amide bonds. The fourth-order valence-electron chi connectivity index (χ4n) is 1.98. The highest BCUT2D eigenvalue weighted by Gasteiger charge is 2.24. The van der Waals surface area contributed by atoms with Crippen LogP contribution in [0.2, 0.25) is 0 Å². The molecule has 16 heavy (non-hydrogen) atoms. The summed E-state index contributed by atoms with van der Waals surface area (Å²) in [4.78, 5) is 21.8. The highest BCUT2D eigenvalue weighted by atomic mass is 16.4. The zero-order chi connectivity index (χ0) is 11.7. The van der Waals surface area contributed by atoms with Crippen LogP contribution in [0, 0.1) is 0 Å². The van der Waals surface area contributed by atoms with E-state index in [1.807, 2.05) is 0 Å². The minimum absolute atomic E-state index is 0.0345. The van der Waals surface area contributed by atoms with Gasteiger partial charge in [0.05, 0.1) is 11.7 Å². The number of nitrogens with zero attached hydrogens (tertiary/aromatic N) is 2.